The highest BCUT2D eigenvalue weighted by Crippen LogP contribution is 2.25. The summed E-state index contributed by atoms with van der Waals surface area (Å²) in [6.07, 6.45) is 5.53. The SMILES string of the molecule is CNc1ncnc(NCC2CCC(O)CC2)c1C. The third-order valence-corrected chi connectivity index (χ3v) is 3.70. The molecule has 0 saturated heterocycles. The molecule has 0 amide bonds. The molecule has 1 saturated carbocycles. The molecular weight excluding hydrogens is 228 g/mol. The quantitative estimate of drug-likeness (QED) is 0.760. The minimum Gasteiger partial charge on any atom is -0.393 e. The first kappa shape index (κ1) is 13.1. The van der Waals surface area contributed by atoms with Gasteiger partial charge in [0, 0.05) is 19.2 Å². The molecule has 1 aromatic heterocycles. The van der Waals surface area contributed by atoms with E-state index in [2.05, 4.69) is 20.6 Å². The fraction of sp³-hybridized carbons (Fsp3) is 0.692. The van der Waals surface area contributed by atoms with Gasteiger partial charge in [0.05, 0.1) is 6.10 Å². The van der Waals surface area contributed by atoms with E-state index in [0.717, 1.165) is 49.4 Å². The second kappa shape index (κ2) is 6.00. The van der Waals surface area contributed by atoms with Gasteiger partial charge in [-0.2, -0.15) is 0 Å². The Kier molecular flexibility index (Phi) is 4.36. The Morgan fingerprint density at radius 2 is 1.89 bits per heavy atom. The van der Waals surface area contributed by atoms with Crippen molar-refractivity contribution in [3.05, 3.63) is 11.9 Å². The van der Waals surface area contributed by atoms with Crippen LogP contribution in [0.15, 0.2) is 6.33 Å². The van der Waals surface area contributed by atoms with Gasteiger partial charge in [0.2, 0.25) is 0 Å². The molecule has 2 rings (SSSR count). The van der Waals surface area contributed by atoms with Gasteiger partial charge in [-0.15, -0.1) is 0 Å². The zero-order chi connectivity index (χ0) is 13.0. The van der Waals surface area contributed by atoms with E-state index in [-0.39, 0.29) is 6.10 Å². The number of rotatable bonds is 4. The average molecular weight is 250 g/mol. The van der Waals surface area contributed by atoms with Gasteiger partial charge in [-0.3, -0.25) is 0 Å². The molecule has 1 aliphatic carbocycles. The molecule has 0 aromatic carbocycles. The van der Waals surface area contributed by atoms with Crippen LogP contribution in [0.3, 0.4) is 0 Å². The molecule has 0 bridgehead atoms. The number of aromatic nitrogens is 2. The molecule has 1 fully saturated rings. The van der Waals surface area contributed by atoms with Crippen LogP contribution >= 0.6 is 0 Å². The molecule has 1 heterocycles. The van der Waals surface area contributed by atoms with E-state index in [1.54, 1.807) is 6.33 Å². The van der Waals surface area contributed by atoms with E-state index in [4.69, 9.17) is 0 Å². The van der Waals surface area contributed by atoms with Gasteiger partial charge < -0.3 is 15.7 Å². The third-order valence-electron chi connectivity index (χ3n) is 3.70. The summed E-state index contributed by atoms with van der Waals surface area (Å²) in [5, 5.41) is 15.9. The number of hydrogen-bond acceptors (Lipinski definition) is 5. The lowest BCUT2D eigenvalue weighted by molar-refractivity contribution is 0.111. The van der Waals surface area contributed by atoms with Crippen LogP contribution in [0.4, 0.5) is 11.6 Å². The van der Waals surface area contributed by atoms with Gasteiger partial charge in [-0.05, 0) is 38.5 Å². The Morgan fingerprint density at radius 3 is 2.56 bits per heavy atom. The fourth-order valence-electron chi connectivity index (χ4n) is 2.47. The highest BCUT2D eigenvalue weighted by molar-refractivity contribution is 5.56. The monoisotopic (exact) mass is 250 g/mol. The van der Waals surface area contributed by atoms with Crippen LogP contribution in [0.2, 0.25) is 0 Å². The lowest BCUT2D eigenvalue weighted by Crippen LogP contribution is -2.24. The number of aliphatic hydroxyl groups excluding tert-OH is 1. The Hall–Kier alpha value is -1.36. The third kappa shape index (κ3) is 3.10. The maximum atomic E-state index is 9.48. The zero-order valence-electron chi connectivity index (χ0n) is 11.1. The van der Waals surface area contributed by atoms with E-state index >= 15 is 0 Å². The summed E-state index contributed by atoms with van der Waals surface area (Å²) in [6.45, 7) is 2.94. The van der Waals surface area contributed by atoms with Gasteiger partial charge in [-0.25, -0.2) is 9.97 Å². The minimum absolute atomic E-state index is 0.0852. The molecule has 1 aromatic rings. The molecule has 0 aliphatic heterocycles. The Balaban J connectivity index is 1.90. The number of anilines is 2. The summed E-state index contributed by atoms with van der Waals surface area (Å²) in [4.78, 5) is 8.44. The molecule has 0 unspecified atom stereocenters. The van der Waals surface area contributed by atoms with Crippen molar-refractivity contribution < 1.29 is 5.11 Å². The van der Waals surface area contributed by atoms with Crippen molar-refractivity contribution in [3.63, 3.8) is 0 Å². The van der Waals surface area contributed by atoms with E-state index in [1.807, 2.05) is 14.0 Å². The first-order valence-electron chi connectivity index (χ1n) is 6.62. The molecule has 0 radical (unpaired) electrons. The summed E-state index contributed by atoms with van der Waals surface area (Å²) >= 11 is 0. The summed E-state index contributed by atoms with van der Waals surface area (Å²) in [5.74, 6) is 2.41. The van der Waals surface area contributed by atoms with Crippen LogP contribution < -0.4 is 10.6 Å². The maximum Gasteiger partial charge on any atom is 0.134 e. The first-order chi connectivity index (χ1) is 8.70. The van der Waals surface area contributed by atoms with Crippen LogP contribution in [0.1, 0.15) is 31.2 Å². The van der Waals surface area contributed by atoms with E-state index in [0.29, 0.717) is 5.92 Å². The van der Waals surface area contributed by atoms with Crippen molar-refractivity contribution >= 4 is 11.6 Å². The lowest BCUT2D eigenvalue weighted by Gasteiger charge is -2.25. The Labute approximate surface area is 108 Å². The van der Waals surface area contributed by atoms with Crippen molar-refractivity contribution in [1.82, 2.24) is 9.97 Å². The molecule has 18 heavy (non-hydrogen) atoms. The normalized spacial score (nSPS) is 23.7. The van der Waals surface area contributed by atoms with E-state index in [1.165, 1.54) is 0 Å². The molecule has 100 valence electrons. The van der Waals surface area contributed by atoms with Crippen LogP contribution in [0.25, 0.3) is 0 Å². The molecule has 3 N–H and O–H groups in total. The number of aliphatic hydroxyl groups is 1. The number of nitrogens with zero attached hydrogens (tertiary/aromatic N) is 2. The number of nitrogens with one attached hydrogen (secondary N) is 2. The molecule has 1 aliphatic rings. The standard InChI is InChI=1S/C13H22N4O/c1-9-12(14-2)16-8-17-13(9)15-7-10-3-5-11(18)6-4-10/h8,10-11,18H,3-7H2,1-2H3,(H2,14,15,16,17). The van der Waals surface area contributed by atoms with Gasteiger partial charge in [0.15, 0.2) is 0 Å². The topological polar surface area (TPSA) is 70.1 Å². The number of hydrogen-bond donors (Lipinski definition) is 3. The van der Waals surface area contributed by atoms with Crippen molar-refractivity contribution in [2.75, 3.05) is 24.2 Å². The zero-order valence-corrected chi connectivity index (χ0v) is 11.1. The van der Waals surface area contributed by atoms with Gasteiger partial charge in [-0.1, -0.05) is 0 Å². The predicted octanol–water partition coefficient (Wildman–Crippen LogP) is 1.79. The summed E-state index contributed by atoms with van der Waals surface area (Å²) in [6, 6.07) is 0. The highest BCUT2D eigenvalue weighted by atomic mass is 16.3. The molecule has 5 heteroatoms. The lowest BCUT2D eigenvalue weighted by atomic mass is 9.87. The van der Waals surface area contributed by atoms with Crippen molar-refractivity contribution in [2.24, 2.45) is 5.92 Å². The molecular formula is C13H22N4O. The van der Waals surface area contributed by atoms with Crippen LogP contribution in [0, 0.1) is 12.8 Å². The maximum absolute atomic E-state index is 9.48. The smallest absolute Gasteiger partial charge is 0.134 e. The van der Waals surface area contributed by atoms with Crippen LogP contribution in [-0.2, 0) is 0 Å². The Bertz CT molecular complexity index is 389. The minimum atomic E-state index is -0.0852. The molecule has 0 spiro atoms. The first-order valence-corrected chi connectivity index (χ1v) is 6.62. The largest absolute Gasteiger partial charge is 0.393 e. The van der Waals surface area contributed by atoms with Gasteiger partial charge in [0.1, 0.15) is 18.0 Å². The molecule has 0 atom stereocenters. The predicted molar refractivity (Wildman–Crippen MR) is 72.8 cm³/mol. The van der Waals surface area contributed by atoms with Gasteiger partial charge >= 0.3 is 0 Å². The summed E-state index contributed by atoms with van der Waals surface area (Å²) in [5.41, 5.74) is 1.05. The fourth-order valence-corrected chi connectivity index (χ4v) is 2.47. The second-order valence-corrected chi connectivity index (χ2v) is 5.00. The van der Waals surface area contributed by atoms with Gasteiger partial charge in [0.25, 0.3) is 0 Å². The van der Waals surface area contributed by atoms with Crippen molar-refractivity contribution in [3.8, 4) is 0 Å². The van der Waals surface area contributed by atoms with Crippen LogP contribution in [0.5, 0.6) is 0 Å². The summed E-state index contributed by atoms with van der Waals surface area (Å²) < 4.78 is 0. The Morgan fingerprint density at radius 1 is 1.22 bits per heavy atom. The second-order valence-electron chi connectivity index (χ2n) is 5.00. The average Bonchev–Trinajstić information content (AvgIpc) is 2.39. The summed E-state index contributed by atoms with van der Waals surface area (Å²) in [7, 11) is 1.86. The molecule has 5 nitrogen and oxygen atoms in total. The highest BCUT2D eigenvalue weighted by Gasteiger charge is 2.19. The van der Waals surface area contributed by atoms with Crippen LogP contribution in [-0.4, -0.2) is 34.8 Å². The van der Waals surface area contributed by atoms with Crippen molar-refractivity contribution in [1.29, 1.82) is 0 Å². The van der Waals surface area contributed by atoms with Crippen molar-refractivity contribution in [2.45, 2.75) is 38.7 Å². The van der Waals surface area contributed by atoms with E-state index in [9.17, 15) is 5.11 Å². The van der Waals surface area contributed by atoms with E-state index < -0.39 is 0 Å².